The molecular formula is C19H22ClFIN3O2. The van der Waals surface area contributed by atoms with E-state index < -0.39 is 11.4 Å². The van der Waals surface area contributed by atoms with Gasteiger partial charge in [-0.05, 0) is 75.4 Å². The largest absolute Gasteiger partial charge is 0.444 e. The van der Waals surface area contributed by atoms with Crippen LogP contribution in [0.15, 0.2) is 18.2 Å². The van der Waals surface area contributed by atoms with Gasteiger partial charge in [0.15, 0.2) is 0 Å². The van der Waals surface area contributed by atoms with Gasteiger partial charge in [-0.1, -0.05) is 11.6 Å². The third-order valence-electron chi connectivity index (χ3n) is 4.45. The number of aromatic nitrogens is 2. The zero-order chi connectivity index (χ0) is 20.1. The molecule has 2 atom stereocenters. The van der Waals surface area contributed by atoms with Crippen molar-refractivity contribution in [3.05, 3.63) is 38.3 Å². The highest BCUT2D eigenvalue weighted by Crippen LogP contribution is 2.38. The lowest BCUT2D eigenvalue weighted by molar-refractivity contribution is -0.000433. The fourth-order valence-corrected chi connectivity index (χ4v) is 4.64. The fraction of sp³-hybridized carbons (Fsp3) is 0.474. The van der Waals surface area contributed by atoms with E-state index in [0.717, 1.165) is 9.26 Å². The molecule has 1 amide bonds. The van der Waals surface area contributed by atoms with Crippen LogP contribution in [0, 0.1) is 9.39 Å². The van der Waals surface area contributed by atoms with Gasteiger partial charge in [-0.25, -0.2) is 9.18 Å². The standard InChI is InChI=1S/C19H22ClFIN3O2/c1-10-9-24-17(11(2)25(10)18(26)27-19(3,4)5)15(22)16(23-24)13-7-6-12(20)8-14(13)21/h6-8,10-11H,9H2,1-5H3/t10-,11?/m1/s1. The van der Waals surface area contributed by atoms with Gasteiger partial charge in [0.1, 0.15) is 17.1 Å². The van der Waals surface area contributed by atoms with E-state index in [0.29, 0.717) is 22.8 Å². The Balaban J connectivity index is 2.02. The molecule has 1 unspecified atom stereocenters. The van der Waals surface area contributed by atoms with E-state index in [1.807, 2.05) is 39.3 Å². The minimum Gasteiger partial charge on any atom is -0.444 e. The van der Waals surface area contributed by atoms with Gasteiger partial charge in [0, 0.05) is 10.6 Å². The first-order valence-corrected chi connectivity index (χ1v) is 10.2. The maximum absolute atomic E-state index is 14.4. The Bertz CT molecular complexity index is 894. The molecule has 2 heterocycles. The van der Waals surface area contributed by atoms with Crippen LogP contribution >= 0.6 is 34.2 Å². The Kier molecular flexibility index (Phi) is 5.46. The molecule has 1 aliphatic heterocycles. The van der Waals surface area contributed by atoms with E-state index in [4.69, 9.17) is 16.3 Å². The molecule has 0 fully saturated rings. The monoisotopic (exact) mass is 505 g/mol. The summed E-state index contributed by atoms with van der Waals surface area (Å²) >= 11 is 8.04. The van der Waals surface area contributed by atoms with Crippen LogP contribution in [0.25, 0.3) is 11.3 Å². The predicted octanol–water partition coefficient (Wildman–Crippen LogP) is 5.65. The minimum absolute atomic E-state index is 0.0963. The van der Waals surface area contributed by atoms with Crippen molar-refractivity contribution in [2.45, 2.75) is 58.8 Å². The lowest BCUT2D eigenvalue weighted by atomic mass is 10.1. The average Bonchev–Trinajstić information content (AvgIpc) is 2.82. The van der Waals surface area contributed by atoms with E-state index in [1.165, 1.54) is 6.07 Å². The van der Waals surface area contributed by atoms with Crippen LogP contribution in [-0.2, 0) is 11.3 Å². The normalized spacial score (nSPS) is 19.8. The third-order valence-corrected chi connectivity index (χ3v) is 5.75. The zero-order valence-electron chi connectivity index (χ0n) is 15.9. The predicted molar refractivity (Wildman–Crippen MR) is 111 cm³/mol. The summed E-state index contributed by atoms with van der Waals surface area (Å²) in [5.74, 6) is -0.416. The molecule has 1 aliphatic rings. The van der Waals surface area contributed by atoms with E-state index in [-0.39, 0.29) is 18.2 Å². The Morgan fingerprint density at radius 1 is 1.37 bits per heavy atom. The molecular weight excluding hydrogens is 484 g/mol. The number of hydrogen-bond acceptors (Lipinski definition) is 3. The molecule has 146 valence electrons. The zero-order valence-corrected chi connectivity index (χ0v) is 18.8. The molecule has 27 heavy (non-hydrogen) atoms. The molecule has 8 heteroatoms. The molecule has 0 N–H and O–H groups in total. The van der Waals surface area contributed by atoms with Crippen LogP contribution in [0.4, 0.5) is 9.18 Å². The highest BCUT2D eigenvalue weighted by molar-refractivity contribution is 14.1. The van der Waals surface area contributed by atoms with Crippen molar-refractivity contribution in [3.63, 3.8) is 0 Å². The number of nitrogens with zero attached hydrogens (tertiary/aromatic N) is 3. The highest BCUT2D eigenvalue weighted by Gasteiger charge is 2.38. The van der Waals surface area contributed by atoms with Crippen LogP contribution in [0.2, 0.25) is 5.02 Å². The van der Waals surface area contributed by atoms with Crippen LogP contribution in [0.1, 0.15) is 46.4 Å². The Labute approximate surface area is 177 Å². The molecule has 0 radical (unpaired) electrons. The number of amides is 1. The van der Waals surface area contributed by atoms with E-state index >= 15 is 0 Å². The van der Waals surface area contributed by atoms with Gasteiger partial charge in [0.2, 0.25) is 0 Å². The fourth-order valence-electron chi connectivity index (χ4n) is 3.35. The second-order valence-electron chi connectivity index (χ2n) is 7.77. The molecule has 1 aromatic carbocycles. The van der Waals surface area contributed by atoms with Crippen LogP contribution < -0.4 is 0 Å². The van der Waals surface area contributed by atoms with Crippen LogP contribution in [-0.4, -0.2) is 32.4 Å². The van der Waals surface area contributed by atoms with Crippen molar-refractivity contribution >= 4 is 40.3 Å². The Morgan fingerprint density at radius 3 is 2.63 bits per heavy atom. The van der Waals surface area contributed by atoms with Crippen LogP contribution in [0.5, 0.6) is 0 Å². The topological polar surface area (TPSA) is 47.4 Å². The summed E-state index contributed by atoms with van der Waals surface area (Å²) in [4.78, 5) is 14.4. The van der Waals surface area contributed by atoms with Crippen molar-refractivity contribution in [1.82, 2.24) is 14.7 Å². The highest BCUT2D eigenvalue weighted by atomic mass is 127. The van der Waals surface area contributed by atoms with Gasteiger partial charge in [-0.15, -0.1) is 0 Å². The van der Waals surface area contributed by atoms with E-state index in [1.54, 1.807) is 17.0 Å². The summed E-state index contributed by atoms with van der Waals surface area (Å²) < 4.78 is 22.7. The first-order chi connectivity index (χ1) is 12.5. The molecule has 0 saturated carbocycles. The van der Waals surface area contributed by atoms with Gasteiger partial charge < -0.3 is 4.74 Å². The number of ether oxygens (including phenoxy) is 1. The molecule has 0 bridgehead atoms. The number of benzene rings is 1. The van der Waals surface area contributed by atoms with Crippen molar-refractivity contribution in [2.24, 2.45) is 0 Å². The Morgan fingerprint density at radius 2 is 2.04 bits per heavy atom. The van der Waals surface area contributed by atoms with E-state index in [2.05, 4.69) is 27.7 Å². The molecule has 0 saturated heterocycles. The summed E-state index contributed by atoms with van der Waals surface area (Å²) in [5, 5.41) is 4.97. The maximum Gasteiger partial charge on any atom is 0.411 e. The SMILES string of the molecule is CC1c2c(I)c(-c3ccc(Cl)cc3F)nn2C[C@@H](C)N1C(=O)OC(C)(C)C. The molecule has 5 nitrogen and oxygen atoms in total. The van der Waals surface area contributed by atoms with Crippen molar-refractivity contribution in [2.75, 3.05) is 0 Å². The van der Waals surface area contributed by atoms with Gasteiger partial charge in [0.25, 0.3) is 0 Å². The second-order valence-corrected chi connectivity index (χ2v) is 9.28. The van der Waals surface area contributed by atoms with Crippen molar-refractivity contribution in [1.29, 1.82) is 0 Å². The number of fused-ring (bicyclic) bond motifs is 1. The van der Waals surface area contributed by atoms with Gasteiger partial charge in [-0.3, -0.25) is 9.58 Å². The summed E-state index contributed by atoms with van der Waals surface area (Å²) in [6.07, 6.45) is -0.357. The maximum atomic E-state index is 14.4. The Hall–Kier alpha value is -1.35. The summed E-state index contributed by atoms with van der Waals surface area (Å²) in [6.45, 7) is 9.96. The first-order valence-electron chi connectivity index (χ1n) is 8.72. The van der Waals surface area contributed by atoms with Gasteiger partial charge in [-0.2, -0.15) is 5.10 Å². The lowest BCUT2D eigenvalue weighted by Crippen LogP contribution is -2.49. The number of carbonyl (C=O) groups excluding carboxylic acids is 1. The molecule has 0 aliphatic carbocycles. The number of halogens is 3. The van der Waals surface area contributed by atoms with Crippen LogP contribution in [0.3, 0.4) is 0 Å². The number of rotatable bonds is 1. The lowest BCUT2D eigenvalue weighted by Gasteiger charge is -2.39. The quantitative estimate of drug-likeness (QED) is 0.471. The summed E-state index contributed by atoms with van der Waals surface area (Å²) in [7, 11) is 0. The summed E-state index contributed by atoms with van der Waals surface area (Å²) in [5.41, 5.74) is 1.27. The minimum atomic E-state index is -0.570. The molecule has 0 spiro atoms. The van der Waals surface area contributed by atoms with Crippen molar-refractivity contribution < 1.29 is 13.9 Å². The first kappa shape index (κ1) is 20.4. The molecule has 2 aromatic rings. The molecule has 3 rings (SSSR count). The number of carbonyl (C=O) groups is 1. The average molecular weight is 506 g/mol. The van der Waals surface area contributed by atoms with E-state index in [9.17, 15) is 9.18 Å². The third kappa shape index (κ3) is 3.94. The van der Waals surface area contributed by atoms with Gasteiger partial charge >= 0.3 is 6.09 Å². The smallest absolute Gasteiger partial charge is 0.411 e. The van der Waals surface area contributed by atoms with Crippen molar-refractivity contribution in [3.8, 4) is 11.3 Å². The molecule has 1 aromatic heterocycles. The second kappa shape index (κ2) is 7.24. The summed E-state index contributed by atoms with van der Waals surface area (Å²) in [6, 6.07) is 4.22. The van der Waals surface area contributed by atoms with Gasteiger partial charge in [0.05, 0.1) is 27.9 Å². The number of hydrogen-bond donors (Lipinski definition) is 0.